The predicted octanol–water partition coefficient (Wildman–Crippen LogP) is 4.27. The smallest absolute Gasteiger partial charge is 0.170 e. The van der Waals surface area contributed by atoms with Gasteiger partial charge in [0.2, 0.25) is 0 Å². The zero-order valence-electron chi connectivity index (χ0n) is 12.4. The second-order valence-electron chi connectivity index (χ2n) is 4.69. The van der Waals surface area contributed by atoms with E-state index in [1.165, 1.54) is 0 Å². The van der Waals surface area contributed by atoms with E-state index in [4.69, 9.17) is 28.6 Å². The Morgan fingerprint density at radius 3 is 2.64 bits per heavy atom. The molecule has 0 atom stereocenters. The van der Waals surface area contributed by atoms with Crippen LogP contribution in [0.2, 0.25) is 5.02 Å². The first-order valence-corrected chi connectivity index (χ1v) is 7.99. The molecule has 0 amide bonds. The third-order valence-electron chi connectivity index (χ3n) is 3.03. The van der Waals surface area contributed by atoms with Gasteiger partial charge < -0.3 is 15.4 Å². The number of hydrogen-bond donors (Lipinski definition) is 2. The highest BCUT2D eigenvalue weighted by Gasteiger charge is 2.03. The van der Waals surface area contributed by atoms with E-state index in [0.717, 1.165) is 30.0 Å². The molecule has 0 aliphatic heterocycles. The number of thiocarbonyl (C=S) groups is 1. The van der Waals surface area contributed by atoms with Gasteiger partial charge in [-0.05, 0) is 55.4 Å². The van der Waals surface area contributed by atoms with Gasteiger partial charge in [0.15, 0.2) is 5.11 Å². The van der Waals surface area contributed by atoms with Gasteiger partial charge in [-0.25, -0.2) is 0 Å². The highest BCUT2D eigenvalue weighted by molar-refractivity contribution is 7.80. The minimum Gasteiger partial charge on any atom is -0.492 e. The van der Waals surface area contributed by atoms with Crippen LogP contribution in [0.5, 0.6) is 5.75 Å². The molecule has 0 unspecified atom stereocenters. The topological polar surface area (TPSA) is 33.3 Å². The van der Waals surface area contributed by atoms with Crippen LogP contribution in [0.3, 0.4) is 0 Å². The fourth-order valence-corrected chi connectivity index (χ4v) is 2.47. The molecule has 2 N–H and O–H groups in total. The number of ether oxygens (including phenoxy) is 1. The number of hydrogen-bond acceptors (Lipinski definition) is 2. The Kier molecular flexibility index (Phi) is 6.49. The molecular formula is C17H19ClN2OS. The van der Waals surface area contributed by atoms with E-state index >= 15 is 0 Å². The zero-order valence-corrected chi connectivity index (χ0v) is 14.0. The Morgan fingerprint density at radius 1 is 1.18 bits per heavy atom. The number of benzene rings is 2. The average Bonchev–Trinajstić information content (AvgIpc) is 2.51. The molecule has 2 aromatic rings. The maximum atomic E-state index is 6.17. The van der Waals surface area contributed by atoms with Crippen molar-refractivity contribution < 1.29 is 4.74 Å². The third kappa shape index (κ3) is 5.20. The third-order valence-corrected chi connectivity index (χ3v) is 3.57. The molecule has 0 bridgehead atoms. The first-order valence-electron chi connectivity index (χ1n) is 7.20. The van der Waals surface area contributed by atoms with Crippen LogP contribution >= 0.6 is 23.8 Å². The normalized spacial score (nSPS) is 10.1. The molecule has 3 nitrogen and oxygen atoms in total. The first-order chi connectivity index (χ1) is 10.7. The lowest BCUT2D eigenvalue weighted by Gasteiger charge is -2.11. The van der Waals surface area contributed by atoms with Crippen molar-refractivity contribution in [1.82, 2.24) is 5.32 Å². The van der Waals surface area contributed by atoms with E-state index in [9.17, 15) is 0 Å². The molecule has 0 heterocycles. The van der Waals surface area contributed by atoms with Crippen LogP contribution < -0.4 is 15.4 Å². The SMILES string of the molecule is CCOc1ccc(CCNC(=S)Nc2ccccc2)cc1Cl. The summed E-state index contributed by atoms with van der Waals surface area (Å²) >= 11 is 11.4. The Labute approximate surface area is 141 Å². The maximum Gasteiger partial charge on any atom is 0.170 e. The summed E-state index contributed by atoms with van der Waals surface area (Å²) in [5, 5.41) is 7.58. The maximum absolute atomic E-state index is 6.17. The standard InChI is InChI=1S/C17H19ClN2OS/c1-2-21-16-9-8-13(12-15(16)18)10-11-19-17(22)20-14-6-4-3-5-7-14/h3-9,12H,2,10-11H2,1H3,(H2,19,20,22). The summed E-state index contributed by atoms with van der Waals surface area (Å²) in [5.74, 6) is 0.724. The molecule has 0 aromatic heterocycles. The van der Waals surface area contributed by atoms with Gasteiger partial charge >= 0.3 is 0 Å². The van der Waals surface area contributed by atoms with Gasteiger partial charge in [-0.3, -0.25) is 0 Å². The van der Waals surface area contributed by atoms with Gasteiger partial charge in [0.25, 0.3) is 0 Å². The van der Waals surface area contributed by atoms with Crippen molar-refractivity contribution in [3.05, 3.63) is 59.1 Å². The van der Waals surface area contributed by atoms with Crippen molar-refractivity contribution in [2.75, 3.05) is 18.5 Å². The fraction of sp³-hybridized carbons (Fsp3) is 0.235. The quantitative estimate of drug-likeness (QED) is 0.773. The molecule has 5 heteroatoms. The van der Waals surface area contributed by atoms with Crippen molar-refractivity contribution in [3.8, 4) is 5.75 Å². The largest absolute Gasteiger partial charge is 0.492 e. The average molecular weight is 335 g/mol. The number of rotatable bonds is 6. The van der Waals surface area contributed by atoms with Crippen molar-refractivity contribution in [2.45, 2.75) is 13.3 Å². The molecule has 0 aliphatic rings. The number of halogens is 1. The van der Waals surface area contributed by atoms with Gasteiger partial charge in [0.1, 0.15) is 5.75 Å². The summed E-state index contributed by atoms with van der Waals surface area (Å²) < 4.78 is 5.42. The Balaban J connectivity index is 1.78. The van der Waals surface area contributed by atoms with Gasteiger partial charge in [0.05, 0.1) is 11.6 Å². The highest BCUT2D eigenvalue weighted by atomic mass is 35.5. The molecule has 0 fully saturated rings. The van der Waals surface area contributed by atoms with Crippen LogP contribution in [0.4, 0.5) is 5.69 Å². The summed E-state index contributed by atoms with van der Waals surface area (Å²) in [7, 11) is 0. The van der Waals surface area contributed by atoms with Gasteiger partial charge in [-0.2, -0.15) is 0 Å². The van der Waals surface area contributed by atoms with E-state index < -0.39 is 0 Å². The summed E-state index contributed by atoms with van der Waals surface area (Å²) in [6.07, 6.45) is 0.836. The van der Waals surface area contributed by atoms with Crippen molar-refractivity contribution in [1.29, 1.82) is 0 Å². The Bertz CT molecular complexity index is 619. The van der Waals surface area contributed by atoms with E-state index in [1.54, 1.807) is 0 Å². The Hall–Kier alpha value is -1.78. The van der Waals surface area contributed by atoms with E-state index in [2.05, 4.69) is 10.6 Å². The van der Waals surface area contributed by atoms with Crippen LogP contribution in [-0.2, 0) is 6.42 Å². The molecule has 0 saturated heterocycles. The molecule has 0 saturated carbocycles. The molecule has 2 rings (SSSR count). The van der Waals surface area contributed by atoms with E-state index in [-0.39, 0.29) is 0 Å². The summed E-state index contributed by atoms with van der Waals surface area (Å²) in [6.45, 7) is 3.29. The van der Waals surface area contributed by atoms with Crippen LogP contribution in [0.25, 0.3) is 0 Å². The predicted molar refractivity (Wildman–Crippen MR) is 97.0 cm³/mol. The second-order valence-corrected chi connectivity index (χ2v) is 5.51. The molecule has 0 aliphatic carbocycles. The lowest BCUT2D eigenvalue weighted by molar-refractivity contribution is 0.340. The van der Waals surface area contributed by atoms with Crippen molar-refractivity contribution >= 4 is 34.6 Å². The minimum absolute atomic E-state index is 0.611. The van der Waals surface area contributed by atoms with Crippen LogP contribution in [0.1, 0.15) is 12.5 Å². The van der Waals surface area contributed by atoms with Gasteiger partial charge in [0, 0.05) is 12.2 Å². The summed E-state index contributed by atoms with van der Waals surface area (Å²) in [5.41, 5.74) is 2.12. The second kappa shape index (κ2) is 8.61. The van der Waals surface area contributed by atoms with E-state index in [1.807, 2.05) is 55.5 Å². The lowest BCUT2D eigenvalue weighted by atomic mass is 10.1. The van der Waals surface area contributed by atoms with Gasteiger partial charge in [-0.1, -0.05) is 35.9 Å². The van der Waals surface area contributed by atoms with E-state index in [0.29, 0.717) is 16.7 Å². The fourth-order valence-electron chi connectivity index (χ4n) is 1.99. The Morgan fingerprint density at radius 2 is 1.95 bits per heavy atom. The van der Waals surface area contributed by atoms with Crippen molar-refractivity contribution in [3.63, 3.8) is 0 Å². The minimum atomic E-state index is 0.611. The zero-order chi connectivity index (χ0) is 15.8. The molecular weight excluding hydrogens is 316 g/mol. The molecule has 116 valence electrons. The molecule has 22 heavy (non-hydrogen) atoms. The monoisotopic (exact) mass is 334 g/mol. The van der Waals surface area contributed by atoms with Gasteiger partial charge in [-0.15, -0.1) is 0 Å². The number of nitrogens with one attached hydrogen (secondary N) is 2. The van der Waals surface area contributed by atoms with Crippen LogP contribution in [0, 0.1) is 0 Å². The lowest BCUT2D eigenvalue weighted by Crippen LogP contribution is -2.30. The highest BCUT2D eigenvalue weighted by Crippen LogP contribution is 2.25. The van der Waals surface area contributed by atoms with Crippen LogP contribution in [0.15, 0.2) is 48.5 Å². The molecule has 0 spiro atoms. The first kappa shape index (κ1) is 16.6. The van der Waals surface area contributed by atoms with Crippen LogP contribution in [-0.4, -0.2) is 18.3 Å². The summed E-state index contributed by atoms with van der Waals surface area (Å²) in [6, 6.07) is 15.7. The molecule has 0 radical (unpaired) electrons. The molecule has 2 aromatic carbocycles. The summed E-state index contributed by atoms with van der Waals surface area (Å²) in [4.78, 5) is 0. The van der Waals surface area contributed by atoms with Crippen molar-refractivity contribution in [2.24, 2.45) is 0 Å². The number of anilines is 1. The number of para-hydroxylation sites is 1.